The summed E-state index contributed by atoms with van der Waals surface area (Å²) in [6.07, 6.45) is 2.12. The Morgan fingerprint density at radius 3 is 2.69 bits per heavy atom. The number of nitrogens with one attached hydrogen (secondary N) is 2. The molecular formula is C9H20N2OS. The minimum atomic E-state index is 0.0407. The lowest BCUT2D eigenvalue weighted by molar-refractivity contribution is -0.118. The fraction of sp³-hybridized carbons (Fsp3) is 0.889. The van der Waals surface area contributed by atoms with Crippen LogP contribution in [0.5, 0.6) is 0 Å². The maximum atomic E-state index is 10.5. The largest absolute Gasteiger partial charge is 0.355 e. The number of hydrogen-bond donors (Lipinski definition) is 2. The van der Waals surface area contributed by atoms with Crippen molar-refractivity contribution in [3.63, 3.8) is 0 Å². The number of carbonyl (C=O) groups excluding carboxylic acids is 1. The molecule has 1 atom stereocenters. The van der Waals surface area contributed by atoms with E-state index in [-0.39, 0.29) is 5.91 Å². The highest BCUT2D eigenvalue weighted by atomic mass is 32.2. The standard InChI is InChI=1S/C9H20N2OS/c1-8(7-13-3)6-10-4-5-11-9(2)12/h8,10H,4-7H2,1-3H3,(H,11,12). The molecule has 0 aliphatic carbocycles. The van der Waals surface area contributed by atoms with E-state index < -0.39 is 0 Å². The third-order valence-electron chi connectivity index (χ3n) is 1.62. The molecule has 0 bridgehead atoms. The van der Waals surface area contributed by atoms with Crippen LogP contribution in [0.25, 0.3) is 0 Å². The van der Waals surface area contributed by atoms with Crippen LogP contribution in [-0.4, -0.2) is 37.6 Å². The molecule has 1 amide bonds. The van der Waals surface area contributed by atoms with Crippen molar-refractivity contribution in [1.29, 1.82) is 0 Å². The third kappa shape index (κ3) is 9.70. The van der Waals surface area contributed by atoms with Gasteiger partial charge in [0.2, 0.25) is 5.91 Å². The average Bonchev–Trinajstić information content (AvgIpc) is 2.03. The molecule has 1 unspecified atom stereocenters. The third-order valence-corrected chi connectivity index (χ3v) is 2.52. The summed E-state index contributed by atoms with van der Waals surface area (Å²) >= 11 is 1.87. The quantitative estimate of drug-likeness (QED) is 0.600. The molecule has 0 radical (unpaired) electrons. The molecule has 3 nitrogen and oxygen atoms in total. The molecule has 0 aliphatic heterocycles. The first-order chi connectivity index (χ1) is 6.16. The van der Waals surface area contributed by atoms with Gasteiger partial charge in [0.15, 0.2) is 0 Å². The molecule has 0 aliphatic rings. The number of hydrogen-bond acceptors (Lipinski definition) is 3. The first-order valence-corrected chi connectivity index (χ1v) is 6.00. The van der Waals surface area contributed by atoms with Crippen LogP contribution in [0.4, 0.5) is 0 Å². The number of amides is 1. The zero-order valence-electron chi connectivity index (χ0n) is 8.72. The Morgan fingerprint density at radius 2 is 2.15 bits per heavy atom. The van der Waals surface area contributed by atoms with Crippen molar-refractivity contribution in [2.24, 2.45) is 5.92 Å². The predicted molar refractivity (Wildman–Crippen MR) is 59.1 cm³/mol. The molecule has 0 aromatic heterocycles. The molecule has 0 rings (SSSR count). The summed E-state index contributed by atoms with van der Waals surface area (Å²) < 4.78 is 0. The second-order valence-corrected chi connectivity index (χ2v) is 4.16. The smallest absolute Gasteiger partial charge is 0.216 e. The highest BCUT2D eigenvalue weighted by molar-refractivity contribution is 7.98. The van der Waals surface area contributed by atoms with E-state index in [1.54, 1.807) is 0 Å². The fourth-order valence-corrected chi connectivity index (χ4v) is 1.71. The van der Waals surface area contributed by atoms with Gasteiger partial charge in [-0.3, -0.25) is 4.79 Å². The number of rotatable bonds is 7. The van der Waals surface area contributed by atoms with Crippen molar-refractivity contribution in [1.82, 2.24) is 10.6 Å². The van der Waals surface area contributed by atoms with Gasteiger partial charge >= 0.3 is 0 Å². The zero-order valence-corrected chi connectivity index (χ0v) is 9.54. The van der Waals surface area contributed by atoms with Crippen LogP contribution in [-0.2, 0) is 4.79 Å². The SMILES string of the molecule is CSCC(C)CNCCNC(C)=O. The number of carbonyl (C=O) groups is 1. The van der Waals surface area contributed by atoms with Gasteiger partial charge in [0.1, 0.15) is 0 Å². The maximum Gasteiger partial charge on any atom is 0.216 e. The van der Waals surface area contributed by atoms with Gasteiger partial charge in [0.25, 0.3) is 0 Å². The van der Waals surface area contributed by atoms with Gasteiger partial charge < -0.3 is 10.6 Å². The first kappa shape index (κ1) is 12.8. The van der Waals surface area contributed by atoms with Crippen molar-refractivity contribution >= 4 is 17.7 Å². The lowest BCUT2D eigenvalue weighted by atomic mass is 10.2. The Kier molecular flexibility index (Phi) is 8.24. The fourth-order valence-electron chi connectivity index (χ4n) is 1.02. The molecule has 0 saturated heterocycles. The molecule has 78 valence electrons. The summed E-state index contributed by atoms with van der Waals surface area (Å²) in [6.45, 7) is 6.37. The van der Waals surface area contributed by atoms with E-state index >= 15 is 0 Å². The lowest BCUT2D eigenvalue weighted by Crippen LogP contribution is -2.32. The molecule has 0 saturated carbocycles. The average molecular weight is 204 g/mol. The van der Waals surface area contributed by atoms with Gasteiger partial charge in [-0.1, -0.05) is 6.92 Å². The van der Waals surface area contributed by atoms with Crippen LogP contribution in [0.15, 0.2) is 0 Å². The normalized spacial score (nSPS) is 12.5. The summed E-state index contributed by atoms with van der Waals surface area (Å²) in [7, 11) is 0. The van der Waals surface area contributed by atoms with E-state index in [1.807, 2.05) is 11.8 Å². The Labute approximate surface area is 85.0 Å². The molecule has 0 fully saturated rings. The molecule has 0 heterocycles. The zero-order chi connectivity index (χ0) is 10.1. The van der Waals surface area contributed by atoms with Gasteiger partial charge in [-0.15, -0.1) is 0 Å². The molecule has 0 spiro atoms. The highest BCUT2D eigenvalue weighted by Gasteiger charge is 1.99. The van der Waals surface area contributed by atoms with Crippen LogP contribution >= 0.6 is 11.8 Å². The van der Waals surface area contributed by atoms with Gasteiger partial charge in [0.05, 0.1) is 0 Å². The summed E-state index contributed by atoms with van der Waals surface area (Å²) in [4.78, 5) is 10.5. The molecule has 0 aromatic carbocycles. The van der Waals surface area contributed by atoms with Crippen LogP contribution < -0.4 is 10.6 Å². The van der Waals surface area contributed by atoms with Gasteiger partial charge in [-0.05, 0) is 24.5 Å². The molecular weight excluding hydrogens is 184 g/mol. The van der Waals surface area contributed by atoms with Crippen molar-refractivity contribution in [3.05, 3.63) is 0 Å². The minimum absolute atomic E-state index is 0.0407. The van der Waals surface area contributed by atoms with Gasteiger partial charge in [-0.2, -0.15) is 11.8 Å². The van der Waals surface area contributed by atoms with E-state index in [2.05, 4.69) is 23.8 Å². The van der Waals surface area contributed by atoms with Crippen LogP contribution in [0, 0.1) is 5.92 Å². The Morgan fingerprint density at radius 1 is 1.46 bits per heavy atom. The number of thioether (sulfide) groups is 1. The van der Waals surface area contributed by atoms with Gasteiger partial charge in [-0.25, -0.2) is 0 Å². The van der Waals surface area contributed by atoms with Crippen molar-refractivity contribution in [2.45, 2.75) is 13.8 Å². The summed E-state index contributed by atoms with van der Waals surface area (Å²) in [5, 5.41) is 6.04. The van der Waals surface area contributed by atoms with E-state index in [0.717, 1.165) is 19.6 Å². The van der Waals surface area contributed by atoms with Gasteiger partial charge in [0, 0.05) is 20.0 Å². The Bertz CT molecular complexity index is 142. The van der Waals surface area contributed by atoms with Crippen molar-refractivity contribution in [3.8, 4) is 0 Å². The van der Waals surface area contributed by atoms with Crippen LogP contribution in [0.2, 0.25) is 0 Å². The Hall–Kier alpha value is -0.220. The van der Waals surface area contributed by atoms with Crippen molar-refractivity contribution < 1.29 is 4.79 Å². The second-order valence-electron chi connectivity index (χ2n) is 3.25. The summed E-state index contributed by atoms with van der Waals surface area (Å²) in [5.74, 6) is 1.93. The van der Waals surface area contributed by atoms with Crippen molar-refractivity contribution in [2.75, 3.05) is 31.6 Å². The molecule has 13 heavy (non-hydrogen) atoms. The molecule has 2 N–H and O–H groups in total. The van der Waals surface area contributed by atoms with Crippen LogP contribution in [0.3, 0.4) is 0 Å². The van der Waals surface area contributed by atoms with E-state index in [1.165, 1.54) is 12.7 Å². The second kappa shape index (κ2) is 8.38. The predicted octanol–water partition coefficient (Wildman–Crippen LogP) is 0.711. The highest BCUT2D eigenvalue weighted by Crippen LogP contribution is 2.01. The summed E-state index contributed by atoms with van der Waals surface area (Å²) in [5.41, 5.74) is 0. The van der Waals surface area contributed by atoms with E-state index in [4.69, 9.17) is 0 Å². The first-order valence-electron chi connectivity index (χ1n) is 4.61. The van der Waals surface area contributed by atoms with Crippen LogP contribution in [0.1, 0.15) is 13.8 Å². The molecule has 4 heteroatoms. The maximum absolute atomic E-state index is 10.5. The topological polar surface area (TPSA) is 41.1 Å². The lowest BCUT2D eigenvalue weighted by Gasteiger charge is -2.10. The molecule has 0 aromatic rings. The minimum Gasteiger partial charge on any atom is -0.355 e. The Balaban J connectivity index is 3.11. The monoisotopic (exact) mass is 204 g/mol. The van der Waals surface area contributed by atoms with E-state index in [9.17, 15) is 4.79 Å². The summed E-state index contributed by atoms with van der Waals surface area (Å²) in [6, 6.07) is 0. The van der Waals surface area contributed by atoms with E-state index in [0.29, 0.717) is 5.92 Å².